The Bertz CT molecular complexity index is 1190. The number of H-pyrrole nitrogens is 1. The Morgan fingerprint density at radius 3 is 2.69 bits per heavy atom. The molecule has 5 N–H and O–H groups in total. The van der Waals surface area contributed by atoms with E-state index >= 15 is 0 Å². The molecule has 12 heteroatoms. The zero-order chi connectivity index (χ0) is 25.7. The maximum absolute atomic E-state index is 12.8. The first kappa shape index (κ1) is 25.8. The average Bonchev–Trinajstić information content (AvgIpc) is 2.87. The number of rotatable bonds is 8. The summed E-state index contributed by atoms with van der Waals surface area (Å²) < 4.78 is 13.2. The number of piperidine rings is 1. The first-order valence-electron chi connectivity index (χ1n) is 11.9. The van der Waals surface area contributed by atoms with Gasteiger partial charge >= 0.3 is 5.69 Å². The van der Waals surface area contributed by atoms with Crippen molar-refractivity contribution >= 4 is 11.6 Å². The van der Waals surface area contributed by atoms with E-state index in [4.69, 9.17) is 20.2 Å². The first-order chi connectivity index (χ1) is 17.4. The predicted octanol–water partition coefficient (Wildman–Crippen LogP) is 0.904. The highest BCUT2D eigenvalue weighted by Gasteiger charge is 2.41. The molecule has 2 aliphatic rings. The molecule has 1 saturated heterocycles. The Kier molecular flexibility index (Phi) is 8.33. The van der Waals surface area contributed by atoms with Crippen LogP contribution in [-0.2, 0) is 25.5 Å². The molecule has 0 bridgehead atoms. The molecule has 0 aliphatic carbocycles. The lowest BCUT2D eigenvalue weighted by Crippen LogP contribution is -2.56. The van der Waals surface area contributed by atoms with E-state index in [0.29, 0.717) is 31.4 Å². The van der Waals surface area contributed by atoms with Crippen molar-refractivity contribution in [1.82, 2.24) is 14.5 Å². The minimum Gasteiger partial charge on any atom is -0.459 e. The third-order valence-corrected chi connectivity index (χ3v) is 6.28. The summed E-state index contributed by atoms with van der Waals surface area (Å²) in [5.74, 6) is 5.05. The highest BCUT2D eigenvalue weighted by molar-refractivity contribution is 6.02. The molecule has 2 aliphatic heterocycles. The van der Waals surface area contributed by atoms with Crippen LogP contribution in [0.3, 0.4) is 0 Å². The van der Waals surface area contributed by atoms with Crippen LogP contribution in [0.1, 0.15) is 44.3 Å². The number of hydrogen-bond donors (Lipinski definition) is 4. The molecule has 1 aromatic heterocycles. The number of aromatic amines is 1. The number of aryl methyl sites for hydroxylation is 1. The number of hydrogen-bond acceptors (Lipinski definition) is 9. The SMILES string of the molecule is CCc1ccc(NC(=O)C2=CCCC(OC3C(O)CCC(n4ccc(=O)[nH]c4=O)N3CON)O2)cc1. The number of aromatic nitrogens is 2. The highest BCUT2D eigenvalue weighted by atomic mass is 16.7. The van der Waals surface area contributed by atoms with Gasteiger partial charge in [-0.3, -0.25) is 24.0 Å². The van der Waals surface area contributed by atoms with Crippen LogP contribution >= 0.6 is 0 Å². The molecule has 1 amide bonds. The van der Waals surface area contributed by atoms with Gasteiger partial charge in [0.2, 0.25) is 6.29 Å². The summed E-state index contributed by atoms with van der Waals surface area (Å²) in [6.45, 7) is 1.89. The van der Waals surface area contributed by atoms with Gasteiger partial charge in [0.05, 0.1) is 12.3 Å². The Hall–Kier alpha value is -3.29. The van der Waals surface area contributed by atoms with Crippen molar-refractivity contribution in [3.8, 4) is 0 Å². The largest absolute Gasteiger partial charge is 0.459 e. The second-order valence-corrected chi connectivity index (χ2v) is 8.68. The Morgan fingerprint density at radius 2 is 2.00 bits per heavy atom. The van der Waals surface area contributed by atoms with Crippen LogP contribution in [0, 0.1) is 0 Å². The molecule has 36 heavy (non-hydrogen) atoms. The molecule has 1 aromatic carbocycles. The summed E-state index contributed by atoms with van der Waals surface area (Å²) in [6, 6.07) is 8.78. The fraction of sp³-hybridized carbons (Fsp3) is 0.458. The number of carbonyl (C=O) groups is 1. The number of amides is 1. The van der Waals surface area contributed by atoms with Crippen LogP contribution < -0.4 is 22.5 Å². The van der Waals surface area contributed by atoms with E-state index in [9.17, 15) is 19.5 Å². The zero-order valence-electron chi connectivity index (χ0n) is 20.0. The van der Waals surface area contributed by atoms with Crippen LogP contribution in [0.15, 0.2) is 58.0 Å². The number of nitrogens with two attached hydrogens (primary N) is 1. The predicted molar refractivity (Wildman–Crippen MR) is 129 cm³/mol. The number of carbonyl (C=O) groups excluding carboxylic acids is 1. The molecule has 194 valence electrons. The van der Waals surface area contributed by atoms with Crippen molar-refractivity contribution in [2.45, 2.75) is 63.8 Å². The van der Waals surface area contributed by atoms with Gasteiger partial charge in [0.15, 0.2) is 5.76 Å². The second kappa shape index (κ2) is 11.6. The van der Waals surface area contributed by atoms with Crippen LogP contribution in [0.4, 0.5) is 5.69 Å². The van der Waals surface area contributed by atoms with Crippen molar-refractivity contribution in [3.05, 3.63) is 74.8 Å². The lowest BCUT2D eigenvalue weighted by molar-refractivity contribution is -0.265. The van der Waals surface area contributed by atoms with Crippen LogP contribution in [0.2, 0.25) is 0 Å². The average molecular weight is 502 g/mol. The van der Waals surface area contributed by atoms with E-state index in [1.807, 2.05) is 24.3 Å². The lowest BCUT2D eigenvalue weighted by atomic mass is 10.0. The van der Waals surface area contributed by atoms with Crippen molar-refractivity contribution < 1.29 is 24.2 Å². The van der Waals surface area contributed by atoms with E-state index in [-0.39, 0.29) is 12.5 Å². The van der Waals surface area contributed by atoms with Gasteiger partial charge in [0.1, 0.15) is 13.0 Å². The number of likely N-dealkylation sites (tertiary alicyclic amines) is 1. The number of nitrogens with zero attached hydrogens (tertiary/aromatic N) is 2. The van der Waals surface area contributed by atoms with Crippen molar-refractivity contribution in [2.24, 2.45) is 5.90 Å². The fourth-order valence-electron chi connectivity index (χ4n) is 4.41. The highest BCUT2D eigenvalue weighted by Crippen LogP contribution is 2.32. The maximum Gasteiger partial charge on any atom is 0.329 e. The summed E-state index contributed by atoms with van der Waals surface area (Å²) in [6.07, 6.45) is 2.33. The van der Waals surface area contributed by atoms with Gasteiger partial charge in [-0.05, 0) is 49.5 Å². The van der Waals surface area contributed by atoms with Gasteiger partial charge in [-0.2, -0.15) is 0 Å². The Labute approximate surface area is 207 Å². The Morgan fingerprint density at radius 1 is 1.22 bits per heavy atom. The lowest BCUT2D eigenvalue weighted by Gasteiger charge is -2.44. The van der Waals surface area contributed by atoms with Gasteiger partial charge in [-0.1, -0.05) is 19.1 Å². The number of nitrogens with one attached hydrogen (secondary N) is 2. The molecule has 0 spiro atoms. The number of aliphatic hydroxyl groups is 1. The first-order valence-corrected chi connectivity index (χ1v) is 11.9. The van der Waals surface area contributed by atoms with Crippen molar-refractivity contribution in [1.29, 1.82) is 0 Å². The number of anilines is 1. The van der Waals surface area contributed by atoms with Crippen LogP contribution in [0.25, 0.3) is 0 Å². The quantitative estimate of drug-likeness (QED) is 0.385. The van der Waals surface area contributed by atoms with Crippen LogP contribution in [-0.4, -0.2) is 50.8 Å². The van der Waals surface area contributed by atoms with Crippen LogP contribution in [0.5, 0.6) is 0 Å². The summed E-state index contributed by atoms with van der Waals surface area (Å²) in [5.41, 5.74) is 0.686. The summed E-state index contributed by atoms with van der Waals surface area (Å²) in [7, 11) is 0. The summed E-state index contributed by atoms with van der Waals surface area (Å²) in [5, 5.41) is 13.5. The summed E-state index contributed by atoms with van der Waals surface area (Å²) >= 11 is 0. The molecule has 2 aromatic rings. The fourth-order valence-corrected chi connectivity index (χ4v) is 4.41. The third-order valence-electron chi connectivity index (χ3n) is 6.28. The minimum absolute atomic E-state index is 0.117. The maximum atomic E-state index is 12.8. The van der Waals surface area contributed by atoms with Gasteiger partial charge < -0.3 is 19.9 Å². The third kappa shape index (κ3) is 5.91. The number of aliphatic hydroxyl groups excluding tert-OH is 1. The zero-order valence-corrected chi connectivity index (χ0v) is 20.0. The van der Waals surface area contributed by atoms with Crippen molar-refractivity contribution in [3.63, 3.8) is 0 Å². The number of benzene rings is 1. The minimum atomic E-state index is -0.944. The molecule has 4 rings (SSSR count). The normalized spacial score (nSPS) is 24.6. The molecule has 1 fully saturated rings. The van der Waals surface area contributed by atoms with Crippen molar-refractivity contribution in [2.75, 3.05) is 12.0 Å². The molecule has 4 atom stereocenters. The van der Waals surface area contributed by atoms with Gasteiger partial charge in [-0.15, -0.1) is 0 Å². The standard InChI is InChI=1S/C24H31N5O7/c1-2-15-6-8-16(9-7-15)26-22(32)18-4-3-5-21(35-18)36-23-17(30)10-11-20(29(23)14-34-25)28-13-12-19(31)27-24(28)33/h4,6-9,12-13,17,20-21,23,30H,2-3,5,10-11,14,25H2,1H3,(H,26,32)(H,27,31,33). The van der Waals surface area contributed by atoms with Gasteiger partial charge in [0, 0.05) is 24.4 Å². The number of allylic oxidation sites excluding steroid dienone is 1. The monoisotopic (exact) mass is 501 g/mol. The molecular weight excluding hydrogens is 470 g/mol. The summed E-state index contributed by atoms with van der Waals surface area (Å²) in [4.78, 5) is 45.3. The van der Waals surface area contributed by atoms with E-state index < -0.39 is 41.9 Å². The molecule has 3 heterocycles. The van der Waals surface area contributed by atoms with Gasteiger partial charge in [0.25, 0.3) is 11.5 Å². The smallest absolute Gasteiger partial charge is 0.329 e. The van der Waals surface area contributed by atoms with Gasteiger partial charge in [-0.25, -0.2) is 15.6 Å². The van der Waals surface area contributed by atoms with E-state index in [1.54, 1.807) is 11.0 Å². The van der Waals surface area contributed by atoms with E-state index in [0.717, 1.165) is 12.0 Å². The second-order valence-electron chi connectivity index (χ2n) is 8.68. The molecule has 12 nitrogen and oxygen atoms in total. The van der Waals surface area contributed by atoms with E-state index in [2.05, 4.69) is 17.2 Å². The molecule has 4 unspecified atom stereocenters. The topological polar surface area (TPSA) is 161 Å². The Balaban J connectivity index is 1.46. The molecular formula is C24H31N5O7. The molecule has 0 saturated carbocycles. The molecule has 0 radical (unpaired) electrons. The van der Waals surface area contributed by atoms with E-state index in [1.165, 1.54) is 16.8 Å². The number of ether oxygens (including phenoxy) is 2.